The largest absolute Gasteiger partial charge is 0.448 e. The minimum atomic E-state index is 0.123. The molecule has 0 aliphatic carbocycles. The molecule has 3 heteroatoms. The van der Waals surface area contributed by atoms with Crippen molar-refractivity contribution in [2.75, 3.05) is 6.54 Å². The molecule has 0 radical (unpaired) electrons. The summed E-state index contributed by atoms with van der Waals surface area (Å²) in [5, 5.41) is 3.75. The predicted molar refractivity (Wildman–Crippen MR) is 59.6 cm³/mol. The Morgan fingerprint density at radius 3 is 2.71 bits per heavy atom. The summed E-state index contributed by atoms with van der Waals surface area (Å²) >= 11 is 5.73. The lowest BCUT2D eigenvalue weighted by Gasteiger charge is -2.11. The first kappa shape index (κ1) is 11.3. The van der Waals surface area contributed by atoms with Gasteiger partial charge in [-0.15, -0.1) is 0 Å². The summed E-state index contributed by atoms with van der Waals surface area (Å²) in [7, 11) is 0. The molecule has 0 bridgehead atoms. The molecule has 0 fully saturated rings. The van der Waals surface area contributed by atoms with Crippen LogP contribution in [-0.4, -0.2) is 6.54 Å². The Bertz CT molecular complexity index is 313. The van der Waals surface area contributed by atoms with Crippen LogP contribution in [0.15, 0.2) is 28.2 Å². The molecule has 1 atom stereocenters. The minimum Gasteiger partial charge on any atom is -0.448 e. The van der Waals surface area contributed by atoms with Crippen LogP contribution >= 0.6 is 11.6 Å². The van der Waals surface area contributed by atoms with E-state index in [1.807, 2.05) is 6.07 Å². The van der Waals surface area contributed by atoms with Crippen LogP contribution in [-0.2, 0) is 0 Å². The molecule has 2 nitrogen and oxygen atoms in total. The number of halogens is 1. The first-order valence-corrected chi connectivity index (χ1v) is 5.15. The minimum absolute atomic E-state index is 0.123. The van der Waals surface area contributed by atoms with Crippen molar-refractivity contribution in [2.24, 2.45) is 0 Å². The van der Waals surface area contributed by atoms with Crippen molar-refractivity contribution in [1.29, 1.82) is 0 Å². The molecule has 0 amide bonds. The van der Waals surface area contributed by atoms with Gasteiger partial charge in [0, 0.05) is 0 Å². The van der Waals surface area contributed by atoms with Crippen molar-refractivity contribution in [3.63, 3.8) is 0 Å². The van der Waals surface area contributed by atoms with Crippen molar-refractivity contribution < 1.29 is 4.42 Å². The average Bonchev–Trinajstić information content (AvgIpc) is 2.50. The molecule has 1 unspecified atom stereocenters. The van der Waals surface area contributed by atoms with Gasteiger partial charge in [0.05, 0.1) is 6.04 Å². The number of rotatable bonds is 4. The molecule has 0 aliphatic rings. The Hall–Kier alpha value is -0.730. The zero-order valence-electron chi connectivity index (χ0n) is 8.80. The standard InChI is InChI=1S/C11H16ClNO/c1-4-13-9(7-8(2)3)10-5-6-11(12)14-10/h5-7,9,13H,4H2,1-3H3. The van der Waals surface area contributed by atoms with Gasteiger partial charge in [-0.1, -0.05) is 18.6 Å². The van der Waals surface area contributed by atoms with Gasteiger partial charge in [-0.25, -0.2) is 0 Å². The smallest absolute Gasteiger partial charge is 0.193 e. The zero-order valence-corrected chi connectivity index (χ0v) is 9.56. The SMILES string of the molecule is CCNC(C=C(C)C)c1ccc(Cl)o1. The third-order valence-electron chi connectivity index (χ3n) is 1.82. The van der Waals surface area contributed by atoms with Crippen molar-refractivity contribution in [2.45, 2.75) is 26.8 Å². The van der Waals surface area contributed by atoms with Gasteiger partial charge in [0.1, 0.15) is 5.76 Å². The highest BCUT2D eigenvalue weighted by atomic mass is 35.5. The molecule has 0 saturated heterocycles. The molecule has 0 spiro atoms. The van der Waals surface area contributed by atoms with E-state index in [4.69, 9.17) is 16.0 Å². The maximum atomic E-state index is 5.73. The Morgan fingerprint density at radius 1 is 1.57 bits per heavy atom. The Labute approximate surface area is 89.9 Å². The van der Waals surface area contributed by atoms with E-state index in [-0.39, 0.29) is 6.04 Å². The van der Waals surface area contributed by atoms with Crippen molar-refractivity contribution in [3.05, 3.63) is 34.8 Å². The molecule has 0 aromatic carbocycles. The maximum absolute atomic E-state index is 5.73. The van der Waals surface area contributed by atoms with E-state index in [1.54, 1.807) is 6.07 Å². The molecular formula is C11H16ClNO. The summed E-state index contributed by atoms with van der Waals surface area (Å²) in [6.07, 6.45) is 2.12. The average molecular weight is 214 g/mol. The van der Waals surface area contributed by atoms with Gasteiger partial charge in [0.25, 0.3) is 0 Å². The van der Waals surface area contributed by atoms with E-state index in [1.165, 1.54) is 5.57 Å². The highest BCUT2D eigenvalue weighted by Gasteiger charge is 2.10. The van der Waals surface area contributed by atoms with E-state index in [0.717, 1.165) is 12.3 Å². The fourth-order valence-electron chi connectivity index (χ4n) is 1.29. The fourth-order valence-corrected chi connectivity index (χ4v) is 1.44. The molecule has 1 aromatic rings. The molecule has 1 heterocycles. The number of likely N-dealkylation sites (N-methyl/N-ethyl adjacent to an activating group) is 1. The topological polar surface area (TPSA) is 25.2 Å². The summed E-state index contributed by atoms with van der Waals surface area (Å²) in [5.74, 6) is 0.859. The van der Waals surface area contributed by atoms with Gasteiger partial charge >= 0.3 is 0 Å². The quantitative estimate of drug-likeness (QED) is 0.774. The van der Waals surface area contributed by atoms with Gasteiger partial charge in [-0.2, -0.15) is 0 Å². The lowest BCUT2D eigenvalue weighted by atomic mass is 10.1. The molecule has 0 aliphatic heterocycles. The highest BCUT2D eigenvalue weighted by molar-refractivity contribution is 6.28. The summed E-state index contributed by atoms with van der Waals surface area (Å²) in [6, 6.07) is 3.78. The van der Waals surface area contributed by atoms with Crippen LogP contribution in [0.5, 0.6) is 0 Å². The zero-order chi connectivity index (χ0) is 10.6. The lowest BCUT2D eigenvalue weighted by molar-refractivity contribution is 0.459. The van der Waals surface area contributed by atoms with Gasteiger partial charge < -0.3 is 9.73 Å². The molecular weight excluding hydrogens is 198 g/mol. The third kappa shape index (κ3) is 3.20. The Kier molecular flexibility index (Phi) is 4.23. The van der Waals surface area contributed by atoms with E-state index < -0.39 is 0 Å². The van der Waals surface area contributed by atoms with Gasteiger partial charge in [0.2, 0.25) is 0 Å². The van der Waals surface area contributed by atoms with Crippen molar-refractivity contribution >= 4 is 11.6 Å². The van der Waals surface area contributed by atoms with Crippen LogP contribution in [0.3, 0.4) is 0 Å². The molecule has 78 valence electrons. The normalized spacial score (nSPS) is 12.6. The summed E-state index contributed by atoms with van der Waals surface area (Å²) in [6.45, 7) is 7.09. The van der Waals surface area contributed by atoms with Crippen molar-refractivity contribution in [3.8, 4) is 0 Å². The monoisotopic (exact) mass is 213 g/mol. The highest BCUT2D eigenvalue weighted by Crippen LogP contribution is 2.21. The molecule has 1 N–H and O–H groups in total. The van der Waals surface area contributed by atoms with Crippen LogP contribution in [0.4, 0.5) is 0 Å². The van der Waals surface area contributed by atoms with E-state index >= 15 is 0 Å². The van der Waals surface area contributed by atoms with E-state index in [9.17, 15) is 0 Å². The van der Waals surface area contributed by atoms with Crippen molar-refractivity contribution in [1.82, 2.24) is 5.32 Å². The second-order valence-corrected chi connectivity index (χ2v) is 3.79. The number of hydrogen-bond acceptors (Lipinski definition) is 2. The number of nitrogens with one attached hydrogen (secondary N) is 1. The second kappa shape index (κ2) is 5.23. The van der Waals surface area contributed by atoms with Crippen LogP contribution in [0, 0.1) is 0 Å². The maximum Gasteiger partial charge on any atom is 0.193 e. The lowest BCUT2D eigenvalue weighted by Crippen LogP contribution is -2.18. The third-order valence-corrected chi connectivity index (χ3v) is 2.03. The van der Waals surface area contributed by atoms with Crippen LogP contribution in [0.2, 0.25) is 5.22 Å². The molecule has 14 heavy (non-hydrogen) atoms. The van der Waals surface area contributed by atoms with Gasteiger partial charge in [-0.3, -0.25) is 0 Å². The molecule has 0 saturated carbocycles. The summed E-state index contributed by atoms with van der Waals surface area (Å²) in [5.41, 5.74) is 1.25. The number of furan rings is 1. The fraction of sp³-hybridized carbons (Fsp3) is 0.455. The number of hydrogen-bond donors (Lipinski definition) is 1. The summed E-state index contributed by atoms with van der Waals surface area (Å²) in [4.78, 5) is 0. The number of allylic oxidation sites excluding steroid dienone is 1. The first-order chi connectivity index (χ1) is 6.63. The summed E-state index contributed by atoms with van der Waals surface area (Å²) < 4.78 is 5.36. The Morgan fingerprint density at radius 2 is 2.29 bits per heavy atom. The van der Waals surface area contributed by atoms with Crippen LogP contribution < -0.4 is 5.32 Å². The molecule has 1 rings (SSSR count). The first-order valence-electron chi connectivity index (χ1n) is 4.77. The van der Waals surface area contributed by atoms with Gasteiger partial charge in [-0.05, 0) is 44.1 Å². The predicted octanol–water partition coefficient (Wildman–Crippen LogP) is 3.55. The Balaban J connectivity index is 2.82. The molecule has 1 aromatic heterocycles. The van der Waals surface area contributed by atoms with E-state index in [0.29, 0.717) is 5.22 Å². The van der Waals surface area contributed by atoms with Crippen LogP contribution in [0.1, 0.15) is 32.6 Å². The second-order valence-electron chi connectivity index (χ2n) is 3.42. The van der Waals surface area contributed by atoms with Crippen LogP contribution in [0.25, 0.3) is 0 Å². The van der Waals surface area contributed by atoms with Gasteiger partial charge in [0.15, 0.2) is 5.22 Å². The van der Waals surface area contributed by atoms with E-state index in [2.05, 4.69) is 32.2 Å².